The Balaban J connectivity index is 1.55. The minimum atomic E-state index is -0.684. The fourth-order valence-electron chi connectivity index (χ4n) is 8.73. The molecule has 4 aliphatic carbocycles. The van der Waals surface area contributed by atoms with Gasteiger partial charge in [0.15, 0.2) is 0 Å². The van der Waals surface area contributed by atoms with Crippen molar-refractivity contribution >= 4 is 5.97 Å². The lowest BCUT2D eigenvalue weighted by Crippen LogP contribution is -2.58. The van der Waals surface area contributed by atoms with Crippen molar-refractivity contribution in [2.24, 2.45) is 46.3 Å². The second-order valence-corrected chi connectivity index (χ2v) is 11.4. The average Bonchev–Trinajstić information content (AvgIpc) is 2.98. The van der Waals surface area contributed by atoms with Crippen LogP contribution in [-0.2, 0) is 4.79 Å². The van der Waals surface area contributed by atoms with Crippen LogP contribution in [0.15, 0.2) is 0 Å². The molecule has 3 N–H and O–H groups in total. The number of aliphatic carboxylic acids is 1. The Kier molecular flexibility index (Phi) is 5.36. The van der Waals surface area contributed by atoms with Crippen LogP contribution in [0.25, 0.3) is 0 Å². The number of carboxylic acid groups (broad SMARTS) is 1. The molecule has 0 unspecified atom stereocenters. The number of hydrogen-bond acceptors (Lipinski definition) is 3. The van der Waals surface area contributed by atoms with Crippen LogP contribution in [0.4, 0.5) is 0 Å². The molecule has 4 rings (SSSR count). The molecule has 28 heavy (non-hydrogen) atoms. The molecular formula is C24H40O4. The van der Waals surface area contributed by atoms with Gasteiger partial charge in [0.1, 0.15) is 0 Å². The average molecular weight is 393 g/mol. The van der Waals surface area contributed by atoms with Crippen LogP contribution in [0.5, 0.6) is 0 Å². The summed E-state index contributed by atoms with van der Waals surface area (Å²) in [6.07, 6.45) is 9.19. The molecule has 0 radical (unpaired) electrons. The second kappa shape index (κ2) is 7.27. The molecule has 0 aromatic rings. The quantitative estimate of drug-likeness (QED) is 0.659. The fourth-order valence-corrected chi connectivity index (χ4v) is 8.73. The molecule has 4 nitrogen and oxygen atoms in total. The number of carboxylic acids is 1. The van der Waals surface area contributed by atoms with Crippen molar-refractivity contribution in [2.45, 2.75) is 97.2 Å². The minimum absolute atomic E-state index is 0.179. The van der Waals surface area contributed by atoms with Gasteiger partial charge in [0.25, 0.3) is 0 Å². The van der Waals surface area contributed by atoms with Gasteiger partial charge in [0.05, 0.1) is 12.2 Å². The molecule has 4 saturated carbocycles. The first-order valence-electron chi connectivity index (χ1n) is 11.7. The lowest BCUT2D eigenvalue weighted by Gasteiger charge is -2.62. The summed E-state index contributed by atoms with van der Waals surface area (Å²) in [6, 6.07) is 0. The van der Waals surface area contributed by atoms with Gasteiger partial charge >= 0.3 is 5.97 Å². The van der Waals surface area contributed by atoms with E-state index < -0.39 is 5.97 Å². The van der Waals surface area contributed by atoms with E-state index in [1.165, 1.54) is 25.7 Å². The van der Waals surface area contributed by atoms with Gasteiger partial charge in [-0.1, -0.05) is 20.8 Å². The summed E-state index contributed by atoms with van der Waals surface area (Å²) in [5.74, 6) is 2.36. The van der Waals surface area contributed by atoms with Crippen LogP contribution in [-0.4, -0.2) is 33.5 Å². The summed E-state index contributed by atoms with van der Waals surface area (Å²) in [6.45, 7) is 7.16. The topological polar surface area (TPSA) is 77.8 Å². The third-order valence-electron chi connectivity index (χ3n) is 10.2. The molecule has 0 aromatic heterocycles. The van der Waals surface area contributed by atoms with Crippen molar-refractivity contribution in [1.82, 2.24) is 0 Å². The Morgan fingerprint density at radius 2 is 1.68 bits per heavy atom. The summed E-state index contributed by atoms with van der Waals surface area (Å²) in [4.78, 5) is 11.1. The Morgan fingerprint density at radius 3 is 2.39 bits per heavy atom. The first kappa shape index (κ1) is 20.7. The predicted molar refractivity (Wildman–Crippen MR) is 109 cm³/mol. The standard InChI is InChI=1S/C24H40O4/c1-14(4-7-21(27)28)17-5-6-18-22-19(9-11-24(17,18)3)23(2)10-8-16(25)12-15(23)13-20(22)26/h14-20,22,25-26H,4-13H2,1-3H3,(H,27,28)/t14-,15+,16-,17-,18+,19+,20-,22+,23+,24-/m0/s1. The van der Waals surface area contributed by atoms with Gasteiger partial charge in [-0.15, -0.1) is 0 Å². The molecule has 0 heterocycles. The molecule has 4 fully saturated rings. The van der Waals surface area contributed by atoms with Gasteiger partial charge in [0, 0.05) is 6.42 Å². The Morgan fingerprint density at radius 1 is 1.00 bits per heavy atom. The zero-order valence-electron chi connectivity index (χ0n) is 17.9. The molecule has 10 atom stereocenters. The van der Waals surface area contributed by atoms with E-state index >= 15 is 0 Å². The highest BCUT2D eigenvalue weighted by Crippen LogP contribution is 2.68. The third kappa shape index (κ3) is 3.14. The van der Waals surface area contributed by atoms with Gasteiger partial charge in [0.2, 0.25) is 0 Å². The monoisotopic (exact) mass is 392 g/mol. The number of fused-ring (bicyclic) bond motifs is 5. The normalized spacial score (nSPS) is 51.7. The maximum absolute atomic E-state index is 11.2. The van der Waals surface area contributed by atoms with Crippen LogP contribution in [0.1, 0.15) is 85.0 Å². The molecule has 4 heteroatoms. The molecule has 0 bridgehead atoms. The second-order valence-electron chi connectivity index (χ2n) is 11.4. The smallest absolute Gasteiger partial charge is 0.303 e. The Bertz CT molecular complexity index is 605. The Hall–Kier alpha value is -0.610. The SMILES string of the molecule is C[C@@H](CCC(=O)O)[C@@H]1CC[C@@H]2[C@@H]3[C@@H](CC[C@]21C)[C@]1(C)CC[C@H](O)C[C@@H]1C[C@@H]3O. The Labute approximate surface area is 170 Å². The lowest BCUT2D eigenvalue weighted by atomic mass is 9.43. The fraction of sp³-hybridized carbons (Fsp3) is 0.958. The van der Waals surface area contributed by atoms with Crippen molar-refractivity contribution < 1.29 is 20.1 Å². The number of hydrogen-bond donors (Lipinski definition) is 3. The van der Waals surface area contributed by atoms with Crippen molar-refractivity contribution in [3.8, 4) is 0 Å². The van der Waals surface area contributed by atoms with Crippen LogP contribution in [0, 0.1) is 46.3 Å². The molecule has 0 aromatic carbocycles. The van der Waals surface area contributed by atoms with Gasteiger partial charge in [-0.2, -0.15) is 0 Å². The van der Waals surface area contributed by atoms with Crippen LogP contribution >= 0.6 is 0 Å². The summed E-state index contributed by atoms with van der Waals surface area (Å²) in [7, 11) is 0. The first-order chi connectivity index (χ1) is 13.2. The van der Waals surface area contributed by atoms with E-state index in [-0.39, 0.29) is 29.5 Å². The highest BCUT2D eigenvalue weighted by molar-refractivity contribution is 5.66. The number of rotatable bonds is 4. The third-order valence-corrected chi connectivity index (χ3v) is 10.2. The molecule has 0 saturated heterocycles. The molecular weight excluding hydrogens is 352 g/mol. The summed E-state index contributed by atoms with van der Waals surface area (Å²) in [5.41, 5.74) is 0.523. The summed E-state index contributed by atoms with van der Waals surface area (Å²) >= 11 is 0. The van der Waals surface area contributed by atoms with E-state index in [4.69, 9.17) is 5.11 Å². The van der Waals surface area contributed by atoms with E-state index in [0.29, 0.717) is 35.5 Å². The van der Waals surface area contributed by atoms with Gasteiger partial charge in [-0.05, 0) is 104 Å². The summed E-state index contributed by atoms with van der Waals surface area (Å²) < 4.78 is 0. The molecule has 160 valence electrons. The number of aliphatic hydroxyl groups is 2. The highest BCUT2D eigenvalue weighted by atomic mass is 16.4. The molecule has 0 amide bonds. The van der Waals surface area contributed by atoms with Crippen molar-refractivity contribution in [3.05, 3.63) is 0 Å². The molecule has 4 aliphatic rings. The zero-order valence-corrected chi connectivity index (χ0v) is 17.9. The van der Waals surface area contributed by atoms with Crippen molar-refractivity contribution in [3.63, 3.8) is 0 Å². The molecule has 0 spiro atoms. The van der Waals surface area contributed by atoms with Crippen LogP contribution in [0.2, 0.25) is 0 Å². The van der Waals surface area contributed by atoms with Gasteiger partial charge in [-0.25, -0.2) is 0 Å². The van der Waals surface area contributed by atoms with E-state index in [9.17, 15) is 15.0 Å². The van der Waals surface area contributed by atoms with Gasteiger partial charge < -0.3 is 15.3 Å². The van der Waals surface area contributed by atoms with E-state index in [0.717, 1.165) is 32.1 Å². The summed E-state index contributed by atoms with van der Waals surface area (Å²) in [5, 5.41) is 30.5. The largest absolute Gasteiger partial charge is 0.481 e. The number of carbonyl (C=O) groups is 1. The molecule has 0 aliphatic heterocycles. The van der Waals surface area contributed by atoms with Crippen LogP contribution < -0.4 is 0 Å². The maximum atomic E-state index is 11.2. The van der Waals surface area contributed by atoms with E-state index in [1.807, 2.05) is 0 Å². The van der Waals surface area contributed by atoms with Gasteiger partial charge in [-0.3, -0.25) is 4.79 Å². The van der Waals surface area contributed by atoms with Crippen LogP contribution in [0.3, 0.4) is 0 Å². The van der Waals surface area contributed by atoms with Crippen molar-refractivity contribution in [2.75, 3.05) is 0 Å². The first-order valence-corrected chi connectivity index (χ1v) is 11.7. The predicted octanol–water partition coefficient (Wildman–Crippen LogP) is 4.48. The minimum Gasteiger partial charge on any atom is -0.481 e. The van der Waals surface area contributed by atoms with Crippen molar-refractivity contribution in [1.29, 1.82) is 0 Å². The van der Waals surface area contributed by atoms with E-state index in [1.54, 1.807) is 0 Å². The lowest BCUT2D eigenvalue weighted by molar-refractivity contribution is -0.174. The highest BCUT2D eigenvalue weighted by Gasteiger charge is 2.62. The number of aliphatic hydroxyl groups excluding tert-OH is 2. The maximum Gasteiger partial charge on any atom is 0.303 e. The van der Waals surface area contributed by atoms with E-state index in [2.05, 4.69) is 20.8 Å². The zero-order chi connectivity index (χ0) is 20.3.